The van der Waals surface area contributed by atoms with E-state index in [-0.39, 0.29) is 10.2 Å². The Morgan fingerprint density at radius 1 is 1.38 bits per heavy atom. The quantitative estimate of drug-likeness (QED) is 0.482. The van der Waals surface area contributed by atoms with Crippen molar-refractivity contribution >= 4 is 38.5 Å². The summed E-state index contributed by atoms with van der Waals surface area (Å²) >= 11 is 5.83. The van der Waals surface area contributed by atoms with Gasteiger partial charge in [-0.3, -0.25) is 4.90 Å². The zero-order chi connectivity index (χ0) is 11.6. The van der Waals surface area contributed by atoms with Gasteiger partial charge in [0, 0.05) is 11.0 Å². The molecule has 1 fully saturated rings. The zero-order valence-electron chi connectivity index (χ0n) is 9.00. The first-order chi connectivity index (χ1) is 7.64. The molecule has 0 bridgehead atoms. The van der Waals surface area contributed by atoms with E-state index in [9.17, 15) is 5.11 Å². The number of benzene rings is 1. The second-order valence-electron chi connectivity index (χ2n) is 4.23. The highest BCUT2D eigenvalue weighted by Crippen LogP contribution is 2.36. The van der Waals surface area contributed by atoms with Crippen molar-refractivity contribution in [2.24, 2.45) is 0 Å². The first-order valence-electron chi connectivity index (χ1n) is 5.43. The molecule has 0 radical (unpaired) electrons. The molecule has 1 aromatic rings. The minimum Gasteiger partial charge on any atom is -0.394 e. The fourth-order valence-corrected chi connectivity index (χ4v) is 3.17. The van der Waals surface area contributed by atoms with E-state index in [2.05, 4.69) is 67.7 Å². The van der Waals surface area contributed by atoms with Crippen molar-refractivity contribution < 1.29 is 5.11 Å². The smallest absolute Gasteiger partial charge is 0.0966 e. The fraction of sp³-hybridized carbons (Fsp3) is 0.500. The van der Waals surface area contributed by atoms with Crippen LogP contribution in [0.3, 0.4) is 0 Å². The van der Waals surface area contributed by atoms with Crippen molar-refractivity contribution in [1.82, 2.24) is 4.90 Å². The molecule has 0 amide bonds. The molecule has 0 aliphatic carbocycles. The SMILES string of the molecule is OCC1(I)CCCN1Cc1ccc(Br)cc1. The summed E-state index contributed by atoms with van der Waals surface area (Å²) in [7, 11) is 0. The van der Waals surface area contributed by atoms with E-state index in [4.69, 9.17) is 0 Å². The lowest BCUT2D eigenvalue weighted by molar-refractivity contribution is 0.141. The second kappa shape index (κ2) is 5.33. The van der Waals surface area contributed by atoms with Crippen LogP contribution in [0.25, 0.3) is 0 Å². The van der Waals surface area contributed by atoms with E-state index in [1.165, 1.54) is 12.0 Å². The van der Waals surface area contributed by atoms with Gasteiger partial charge in [0.1, 0.15) is 0 Å². The largest absolute Gasteiger partial charge is 0.394 e. The molecule has 4 heteroatoms. The first kappa shape index (κ1) is 12.8. The van der Waals surface area contributed by atoms with Gasteiger partial charge in [0.15, 0.2) is 0 Å². The van der Waals surface area contributed by atoms with Crippen LogP contribution in [0.4, 0.5) is 0 Å². The molecule has 1 aromatic carbocycles. The molecule has 1 atom stereocenters. The number of aliphatic hydroxyl groups is 1. The van der Waals surface area contributed by atoms with E-state index in [0.29, 0.717) is 0 Å². The maximum absolute atomic E-state index is 9.46. The minimum absolute atomic E-state index is 0.0508. The predicted molar refractivity (Wildman–Crippen MR) is 77.6 cm³/mol. The lowest BCUT2D eigenvalue weighted by atomic mass is 10.2. The molecule has 88 valence electrons. The van der Waals surface area contributed by atoms with E-state index in [1.54, 1.807) is 0 Å². The van der Waals surface area contributed by atoms with Crippen molar-refractivity contribution in [3.8, 4) is 0 Å². The monoisotopic (exact) mass is 395 g/mol. The van der Waals surface area contributed by atoms with Crippen molar-refractivity contribution in [2.75, 3.05) is 13.2 Å². The van der Waals surface area contributed by atoms with Gasteiger partial charge in [0.2, 0.25) is 0 Å². The minimum atomic E-state index is -0.0508. The highest BCUT2D eigenvalue weighted by Gasteiger charge is 2.37. The van der Waals surface area contributed by atoms with Gasteiger partial charge in [-0.25, -0.2) is 0 Å². The number of rotatable bonds is 3. The molecule has 2 nitrogen and oxygen atoms in total. The van der Waals surface area contributed by atoms with Crippen LogP contribution < -0.4 is 0 Å². The Hall–Kier alpha value is 0.350. The lowest BCUT2D eigenvalue weighted by Gasteiger charge is -2.31. The van der Waals surface area contributed by atoms with E-state index >= 15 is 0 Å². The Morgan fingerprint density at radius 3 is 2.69 bits per heavy atom. The summed E-state index contributed by atoms with van der Waals surface area (Å²) in [5.74, 6) is 0. The summed E-state index contributed by atoms with van der Waals surface area (Å²) in [5.41, 5.74) is 1.31. The zero-order valence-corrected chi connectivity index (χ0v) is 12.7. The first-order valence-corrected chi connectivity index (χ1v) is 7.30. The Bertz CT molecular complexity index is 357. The van der Waals surface area contributed by atoms with Crippen LogP contribution in [0.2, 0.25) is 0 Å². The fourth-order valence-electron chi connectivity index (χ4n) is 2.11. The number of nitrogens with zero attached hydrogens (tertiary/aromatic N) is 1. The van der Waals surface area contributed by atoms with Crippen molar-refractivity contribution in [3.05, 3.63) is 34.3 Å². The third-order valence-corrected chi connectivity index (χ3v) is 5.18. The molecule has 0 saturated carbocycles. The molecule has 1 saturated heterocycles. The van der Waals surface area contributed by atoms with Crippen LogP contribution in [0.5, 0.6) is 0 Å². The molecule has 0 aromatic heterocycles. The molecule has 16 heavy (non-hydrogen) atoms. The molecule has 1 aliphatic rings. The Morgan fingerprint density at radius 2 is 2.06 bits per heavy atom. The standard InChI is InChI=1S/C12H15BrINO/c13-11-4-2-10(3-5-11)8-15-7-1-6-12(15,14)9-16/h2-5,16H,1,6-9H2. The summed E-state index contributed by atoms with van der Waals surface area (Å²) < 4.78 is 1.06. The molecule has 1 unspecified atom stereocenters. The average Bonchev–Trinajstić information content (AvgIpc) is 2.65. The van der Waals surface area contributed by atoms with Gasteiger partial charge in [0.05, 0.1) is 10.2 Å². The average molecular weight is 396 g/mol. The van der Waals surface area contributed by atoms with Crippen molar-refractivity contribution in [1.29, 1.82) is 0 Å². The summed E-state index contributed by atoms with van der Waals surface area (Å²) in [6, 6.07) is 8.41. The third kappa shape index (κ3) is 2.78. The number of hydrogen-bond acceptors (Lipinski definition) is 2. The molecule has 1 N–H and O–H groups in total. The number of likely N-dealkylation sites (tertiary alicyclic amines) is 1. The van der Waals surface area contributed by atoms with Crippen LogP contribution in [-0.4, -0.2) is 26.7 Å². The number of alkyl halides is 1. The van der Waals surface area contributed by atoms with Crippen molar-refractivity contribution in [3.63, 3.8) is 0 Å². The molecule has 1 heterocycles. The van der Waals surface area contributed by atoms with E-state index in [0.717, 1.165) is 24.0 Å². The molecular weight excluding hydrogens is 381 g/mol. The Balaban J connectivity index is 2.07. The van der Waals surface area contributed by atoms with Crippen LogP contribution in [0, 0.1) is 0 Å². The Labute approximate surface area is 118 Å². The Kier molecular flexibility index (Phi) is 4.26. The van der Waals surface area contributed by atoms with Gasteiger partial charge in [-0.2, -0.15) is 0 Å². The van der Waals surface area contributed by atoms with Gasteiger partial charge in [-0.05, 0) is 37.1 Å². The number of halogens is 2. The molecule has 1 aliphatic heterocycles. The highest BCUT2D eigenvalue weighted by atomic mass is 127. The van der Waals surface area contributed by atoms with Gasteiger partial charge < -0.3 is 5.11 Å². The molecular formula is C12H15BrINO. The highest BCUT2D eigenvalue weighted by molar-refractivity contribution is 14.1. The van der Waals surface area contributed by atoms with Gasteiger partial charge >= 0.3 is 0 Å². The summed E-state index contributed by atoms with van der Waals surface area (Å²) in [6.07, 6.45) is 2.26. The van der Waals surface area contributed by atoms with E-state index < -0.39 is 0 Å². The van der Waals surface area contributed by atoms with Crippen LogP contribution in [0.1, 0.15) is 18.4 Å². The predicted octanol–water partition coefficient (Wildman–Crippen LogP) is 3.17. The summed E-state index contributed by atoms with van der Waals surface area (Å²) in [6.45, 7) is 2.25. The molecule has 0 spiro atoms. The van der Waals surface area contributed by atoms with E-state index in [1.807, 2.05) is 0 Å². The lowest BCUT2D eigenvalue weighted by Crippen LogP contribution is -2.40. The number of aliphatic hydroxyl groups excluding tert-OH is 1. The maximum atomic E-state index is 9.46. The number of hydrogen-bond donors (Lipinski definition) is 1. The van der Waals surface area contributed by atoms with Crippen LogP contribution in [0.15, 0.2) is 28.7 Å². The second-order valence-corrected chi connectivity index (χ2v) is 7.15. The summed E-state index contributed by atoms with van der Waals surface area (Å²) in [4.78, 5) is 2.37. The topological polar surface area (TPSA) is 23.5 Å². The summed E-state index contributed by atoms with van der Waals surface area (Å²) in [5, 5.41) is 9.46. The maximum Gasteiger partial charge on any atom is 0.0966 e. The van der Waals surface area contributed by atoms with Crippen LogP contribution >= 0.6 is 38.5 Å². The normalized spacial score (nSPS) is 26.2. The third-order valence-electron chi connectivity index (χ3n) is 3.08. The van der Waals surface area contributed by atoms with Crippen LogP contribution in [-0.2, 0) is 6.54 Å². The van der Waals surface area contributed by atoms with Crippen molar-refractivity contribution in [2.45, 2.75) is 22.9 Å². The molecule has 2 rings (SSSR count). The van der Waals surface area contributed by atoms with Gasteiger partial charge in [-0.15, -0.1) is 0 Å². The van der Waals surface area contributed by atoms with Gasteiger partial charge in [0.25, 0.3) is 0 Å². The van der Waals surface area contributed by atoms with Gasteiger partial charge in [-0.1, -0.05) is 50.7 Å².